The lowest BCUT2D eigenvalue weighted by atomic mass is 9.83. The zero-order valence-corrected chi connectivity index (χ0v) is 37.5. The highest BCUT2D eigenvalue weighted by molar-refractivity contribution is 5.94. The summed E-state index contributed by atoms with van der Waals surface area (Å²) in [6, 6.07) is 18.9. The first kappa shape index (κ1) is 51.5. The van der Waals surface area contributed by atoms with Crippen molar-refractivity contribution in [1.29, 1.82) is 0 Å². The molecule has 1 heterocycles. The standard InChI is InChI=1S/C58H49NO6/c1-7-8-9-10-11-12-13-14-15-16-17-18-19-20-21-22-23-24-25-26-27-28-35-42-55(61)59-52(53(60)41-36-43-58(4,5)6)46-64-57-56(63-45-51-39-33-30-34-40-51)49(3)48(2)54(65-57)47-62-44-50-37-31-29-32-38-50/h29-34,36-41,48-49,52-54,56-57,60H,43-47H2,1-6H3,(H,59,61)/b41-36+/t48-,49+,52+,53-,54?,56?,57+/m1/s1. The van der Waals surface area contributed by atoms with Crippen LogP contribution < -0.4 is 5.32 Å². The largest absolute Gasteiger partial charge is 0.387 e. The van der Waals surface area contributed by atoms with E-state index in [1.165, 1.54) is 0 Å². The first-order chi connectivity index (χ1) is 31.6. The van der Waals surface area contributed by atoms with E-state index in [1.54, 1.807) is 13.0 Å². The van der Waals surface area contributed by atoms with Gasteiger partial charge in [0.05, 0.1) is 44.7 Å². The second kappa shape index (κ2) is 31.1. The molecule has 2 N–H and O–H groups in total. The lowest BCUT2D eigenvalue weighted by Gasteiger charge is -2.44. The Kier molecular flexibility index (Phi) is 24.6. The Hall–Kier alpha value is -7.83. The zero-order valence-electron chi connectivity index (χ0n) is 37.5. The Morgan fingerprint density at radius 2 is 1.14 bits per heavy atom. The molecule has 2 unspecified atom stereocenters. The van der Waals surface area contributed by atoms with Crippen molar-refractivity contribution in [2.75, 3.05) is 13.2 Å². The number of hydrogen-bond acceptors (Lipinski definition) is 6. The minimum Gasteiger partial charge on any atom is -0.387 e. The van der Waals surface area contributed by atoms with Crippen molar-refractivity contribution in [2.45, 2.75) is 91.8 Å². The summed E-state index contributed by atoms with van der Waals surface area (Å²) in [6.07, 6.45) is 1.58. The van der Waals surface area contributed by atoms with Gasteiger partial charge in [0.15, 0.2) is 6.29 Å². The molecule has 7 heteroatoms. The number of benzene rings is 2. The van der Waals surface area contributed by atoms with Gasteiger partial charge in [-0.25, -0.2) is 0 Å². The minimum atomic E-state index is -1.10. The summed E-state index contributed by atoms with van der Waals surface area (Å²) in [7, 11) is 0. The number of ether oxygens (including phenoxy) is 4. The van der Waals surface area contributed by atoms with Crippen LogP contribution in [0.3, 0.4) is 0 Å². The van der Waals surface area contributed by atoms with E-state index in [-0.39, 0.29) is 30.0 Å². The van der Waals surface area contributed by atoms with E-state index in [1.807, 2.05) is 66.7 Å². The van der Waals surface area contributed by atoms with Gasteiger partial charge < -0.3 is 29.4 Å². The highest BCUT2D eigenvalue weighted by Crippen LogP contribution is 2.34. The third-order valence-corrected chi connectivity index (χ3v) is 9.04. The number of aliphatic hydroxyl groups excluding tert-OH is 1. The molecule has 1 saturated heterocycles. The third kappa shape index (κ3) is 23.3. The van der Waals surface area contributed by atoms with Gasteiger partial charge in [-0.05, 0) is 136 Å². The smallest absolute Gasteiger partial charge is 0.297 e. The summed E-state index contributed by atoms with van der Waals surface area (Å²) >= 11 is 0. The molecule has 1 aliphatic heterocycles. The molecule has 0 spiro atoms. The van der Waals surface area contributed by atoms with Crippen LogP contribution in [0.25, 0.3) is 0 Å². The molecule has 1 amide bonds. The van der Waals surface area contributed by atoms with Gasteiger partial charge in [0.2, 0.25) is 0 Å². The summed E-state index contributed by atoms with van der Waals surface area (Å²) in [5, 5.41) is 14.1. The predicted molar refractivity (Wildman–Crippen MR) is 254 cm³/mol. The molecule has 0 bridgehead atoms. The van der Waals surface area contributed by atoms with Crippen molar-refractivity contribution in [1.82, 2.24) is 5.32 Å². The van der Waals surface area contributed by atoms with Gasteiger partial charge >= 0.3 is 0 Å². The second-order valence-corrected chi connectivity index (χ2v) is 15.2. The van der Waals surface area contributed by atoms with Gasteiger partial charge in [0.25, 0.3) is 5.91 Å². The summed E-state index contributed by atoms with van der Waals surface area (Å²) in [5.74, 6) is 60.0. The first-order valence-corrected chi connectivity index (χ1v) is 20.7. The van der Waals surface area contributed by atoms with Crippen LogP contribution in [0.4, 0.5) is 0 Å². The molecule has 7 nitrogen and oxygen atoms in total. The Labute approximate surface area is 387 Å². The lowest BCUT2D eigenvalue weighted by Crippen LogP contribution is -2.54. The topological polar surface area (TPSA) is 86.3 Å². The fourth-order valence-corrected chi connectivity index (χ4v) is 5.55. The lowest BCUT2D eigenvalue weighted by molar-refractivity contribution is -0.291. The first-order valence-electron chi connectivity index (χ1n) is 20.7. The van der Waals surface area contributed by atoms with Gasteiger partial charge in [-0.2, -0.15) is 0 Å². The Bertz CT molecular complexity index is 2730. The van der Waals surface area contributed by atoms with Crippen LogP contribution >= 0.6 is 0 Å². The van der Waals surface area contributed by atoms with Crippen LogP contribution in [0, 0.1) is 159 Å². The summed E-state index contributed by atoms with van der Waals surface area (Å²) < 4.78 is 25.6. The number of carbonyl (C=O) groups excluding carboxylic acids is 1. The van der Waals surface area contributed by atoms with Crippen molar-refractivity contribution in [3.05, 3.63) is 83.9 Å². The molecule has 7 atom stereocenters. The molecule has 0 aliphatic carbocycles. The highest BCUT2D eigenvalue weighted by atomic mass is 16.7. The molecule has 322 valence electrons. The Morgan fingerprint density at radius 3 is 1.62 bits per heavy atom. The Balaban J connectivity index is 1.65. The molecule has 2 aromatic carbocycles. The van der Waals surface area contributed by atoms with Crippen molar-refractivity contribution < 1.29 is 28.8 Å². The van der Waals surface area contributed by atoms with E-state index in [0.717, 1.165) is 11.1 Å². The van der Waals surface area contributed by atoms with Gasteiger partial charge in [0, 0.05) is 41.4 Å². The molecule has 2 aromatic rings. The van der Waals surface area contributed by atoms with Crippen LogP contribution in [-0.4, -0.2) is 54.9 Å². The average Bonchev–Trinajstić information content (AvgIpc) is 3.29. The minimum absolute atomic E-state index is 0.00274. The quantitative estimate of drug-likeness (QED) is 0.188. The second-order valence-electron chi connectivity index (χ2n) is 15.2. The van der Waals surface area contributed by atoms with Crippen molar-refractivity contribution in [3.63, 3.8) is 0 Å². The molecule has 0 aromatic heterocycles. The molecular weight excluding hydrogens is 807 g/mol. The van der Waals surface area contributed by atoms with Crippen LogP contribution in [0.15, 0.2) is 72.8 Å². The number of aliphatic hydroxyl groups is 1. The van der Waals surface area contributed by atoms with Crippen molar-refractivity contribution >= 4 is 5.91 Å². The fourth-order valence-electron chi connectivity index (χ4n) is 5.55. The molecule has 65 heavy (non-hydrogen) atoms. The zero-order chi connectivity index (χ0) is 46.8. The van der Waals surface area contributed by atoms with Crippen LogP contribution in [0.2, 0.25) is 0 Å². The van der Waals surface area contributed by atoms with E-state index >= 15 is 0 Å². The normalized spacial score (nSPS) is 17.1. The summed E-state index contributed by atoms with van der Waals surface area (Å²) in [6.45, 7) is 13.3. The third-order valence-electron chi connectivity index (χ3n) is 9.04. The van der Waals surface area contributed by atoms with E-state index in [9.17, 15) is 9.90 Å². The highest BCUT2D eigenvalue weighted by Gasteiger charge is 2.43. The van der Waals surface area contributed by atoms with Crippen molar-refractivity contribution in [3.8, 4) is 142 Å². The maximum absolute atomic E-state index is 13.0. The van der Waals surface area contributed by atoms with E-state index in [2.05, 4.69) is 182 Å². The van der Waals surface area contributed by atoms with Gasteiger partial charge in [-0.15, -0.1) is 0 Å². The number of hydrogen-bond donors (Lipinski definition) is 2. The molecule has 3 rings (SSSR count). The van der Waals surface area contributed by atoms with Gasteiger partial charge in [0.1, 0.15) is 6.10 Å². The Morgan fingerprint density at radius 1 is 0.677 bits per heavy atom. The molecule has 1 aliphatic rings. The van der Waals surface area contributed by atoms with E-state index in [4.69, 9.17) is 18.9 Å². The van der Waals surface area contributed by atoms with Crippen molar-refractivity contribution in [2.24, 2.45) is 17.3 Å². The monoisotopic (exact) mass is 855 g/mol. The summed E-state index contributed by atoms with van der Waals surface area (Å²) in [5.41, 5.74) is 2.07. The SMILES string of the molecule is CC#CC#CC#CC#CC#CC#CC#CC#CC#CC#CC#CC#CC(=O)N[C@@H](CO[C@H]1OC(COCc2ccccc2)[C@H](C)[C@H](C)C1OCc1ccccc1)[C@H](O)/C=C/CC(C)(C)C. The number of carbonyl (C=O) groups is 1. The average molecular weight is 856 g/mol. The number of amides is 1. The maximum atomic E-state index is 13.0. The molecule has 0 saturated carbocycles. The number of rotatable bonds is 14. The molecule has 0 radical (unpaired) electrons. The molecule has 1 fully saturated rings. The van der Waals surface area contributed by atoms with Gasteiger partial charge in [-0.1, -0.05) is 113 Å². The number of nitrogens with one attached hydrogen (secondary N) is 1. The summed E-state index contributed by atoms with van der Waals surface area (Å²) in [4.78, 5) is 13.0. The van der Waals surface area contributed by atoms with Crippen LogP contribution in [-0.2, 0) is 37.0 Å². The maximum Gasteiger partial charge on any atom is 0.297 e. The number of allylic oxidation sites excluding steroid dienone is 1. The van der Waals surface area contributed by atoms with Crippen LogP contribution in [0.5, 0.6) is 0 Å². The molecular formula is C58H49NO6. The predicted octanol–water partition coefficient (Wildman–Crippen LogP) is 5.70. The van der Waals surface area contributed by atoms with E-state index < -0.39 is 30.4 Å². The van der Waals surface area contributed by atoms with Gasteiger partial charge in [-0.3, -0.25) is 4.79 Å². The van der Waals surface area contributed by atoms with E-state index in [0.29, 0.717) is 26.2 Å². The fraction of sp³-hybridized carbons (Fsp3) is 0.328. The van der Waals surface area contributed by atoms with Crippen LogP contribution in [0.1, 0.15) is 59.1 Å².